The summed E-state index contributed by atoms with van der Waals surface area (Å²) >= 11 is 1.38. The predicted molar refractivity (Wildman–Crippen MR) is 91.4 cm³/mol. The van der Waals surface area contributed by atoms with E-state index in [0.29, 0.717) is 22.8 Å². The van der Waals surface area contributed by atoms with Crippen molar-refractivity contribution in [2.75, 3.05) is 18.4 Å². The summed E-state index contributed by atoms with van der Waals surface area (Å²) in [6.07, 6.45) is 2.56. The quantitative estimate of drug-likeness (QED) is 0.871. The Morgan fingerprint density at radius 1 is 1.58 bits per heavy atom. The molecule has 2 N–H and O–H groups in total. The molecule has 0 bridgehead atoms. The molecule has 0 spiro atoms. The van der Waals surface area contributed by atoms with Gasteiger partial charge in [0.05, 0.1) is 12.1 Å². The van der Waals surface area contributed by atoms with Gasteiger partial charge in [0.1, 0.15) is 5.82 Å². The number of benzene rings is 1. The molecule has 24 heavy (non-hydrogen) atoms. The number of hydrogen-bond acceptors (Lipinski definition) is 5. The SMILES string of the molecule is Cc1cc(F)ccc1C(O)CN1CCCC1C(=O)Nc1nccs1. The maximum atomic E-state index is 13.2. The minimum Gasteiger partial charge on any atom is -0.387 e. The fourth-order valence-electron chi connectivity index (χ4n) is 3.15. The fraction of sp³-hybridized carbons (Fsp3) is 0.412. The number of aliphatic hydroxyl groups is 1. The van der Waals surface area contributed by atoms with Crippen LogP contribution < -0.4 is 5.32 Å². The molecule has 2 unspecified atom stereocenters. The number of aliphatic hydroxyl groups excluding tert-OH is 1. The van der Waals surface area contributed by atoms with Crippen LogP contribution in [0.15, 0.2) is 29.8 Å². The monoisotopic (exact) mass is 349 g/mol. The number of likely N-dealkylation sites (tertiary alicyclic amines) is 1. The second-order valence-corrected chi connectivity index (χ2v) is 6.89. The van der Waals surface area contributed by atoms with Crippen molar-refractivity contribution in [3.05, 3.63) is 46.7 Å². The van der Waals surface area contributed by atoms with Crippen molar-refractivity contribution in [2.45, 2.75) is 31.9 Å². The molecule has 1 aliphatic heterocycles. The van der Waals surface area contributed by atoms with Gasteiger partial charge in [-0.15, -0.1) is 11.3 Å². The number of carbonyl (C=O) groups excluding carboxylic acids is 1. The van der Waals surface area contributed by atoms with Gasteiger partial charge in [-0.05, 0) is 49.6 Å². The third kappa shape index (κ3) is 3.80. The molecule has 2 atom stereocenters. The number of β-amino-alcohol motifs (C(OH)–C–C–N with tert-alkyl or cyclic N) is 1. The average molecular weight is 349 g/mol. The molecular weight excluding hydrogens is 329 g/mol. The number of aromatic nitrogens is 1. The van der Waals surface area contributed by atoms with Crippen LogP contribution in [0.5, 0.6) is 0 Å². The second kappa shape index (κ2) is 7.38. The highest BCUT2D eigenvalue weighted by Crippen LogP contribution is 2.25. The lowest BCUT2D eigenvalue weighted by atomic mass is 10.0. The third-order valence-electron chi connectivity index (χ3n) is 4.33. The highest BCUT2D eigenvalue weighted by Gasteiger charge is 2.32. The summed E-state index contributed by atoms with van der Waals surface area (Å²) in [4.78, 5) is 18.5. The normalized spacial score (nSPS) is 19.4. The van der Waals surface area contributed by atoms with Gasteiger partial charge in [-0.3, -0.25) is 9.69 Å². The minimum absolute atomic E-state index is 0.0921. The molecule has 3 rings (SSSR count). The molecule has 0 radical (unpaired) electrons. The molecule has 128 valence electrons. The predicted octanol–water partition coefficient (Wildman–Crippen LogP) is 2.73. The van der Waals surface area contributed by atoms with Crippen LogP contribution in [0.3, 0.4) is 0 Å². The first-order chi connectivity index (χ1) is 11.5. The molecule has 1 saturated heterocycles. The van der Waals surface area contributed by atoms with Crippen molar-refractivity contribution in [3.63, 3.8) is 0 Å². The summed E-state index contributed by atoms with van der Waals surface area (Å²) in [5.74, 6) is -0.407. The van der Waals surface area contributed by atoms with E-state index < -0.39 is 6.10 Å². The Morgan fingerprint density at radius 3 is 3.12 bits per heavy atom. The lowest BCUT2D eigenvalue weighted by molar-refractivity contribution is -0.120. The lowest BCUT2D eigenvalue weighted by Crippen LogP contribution is -2.41. The van der Waals surface area contributed by atoms with Gasteiger partial charge in [0.15, 0.2) is 5.13 Å². The molecule has 2 heterocycles. The Balaban J connectivity index is 1.65. The van der Waals surface area contributed by atoms with Crippen molar-refractivity contribution in [1.82, 2.24) is 9.88 Å². The number of rotatable bonds is 5. The van der Waals surface area contributed by atoms with Crippen molar-refractivity contribution in [2.24, 2.45) is 0 Å². The molecule has 1 aromatic carbocycles. The Bertz CT molecular complexity index is 708. The Hall–Kier alpha value is -1.83. The van der Waals surface area contributed by atoms with Crippen LogP contribution in [0.4, 0.5) is 9.52 Å². The zero-order chi connectivity index (χ0) is 17.1. The van der Waals surface area contributed by atoms with Gasteiger partial charge in [0, 0.05) is 18.1 Å². The standard InChI is InChI=1S/C17H20FN3O2S/c1-11-9-12(18)4-5-13(11)15(22)10-21-7-2-3-14(21)16(23)20-17-19-6-8-24-17/h4-6,8-9,14-15,22H,2-3,7,10H2,1H3,(H,19,20,23). The molecule has 0 saturated carbocycles. The van der Waals surface area contributed by atoms with Gasteiger partial charge in [0.2, 0.25) is 5.91 Å². The second-order valence-electron chi connectivity index (χ2n) is 6.00. The summed E-state index contributed by atoms with van der Waals surface area (Å²) < 4.78 is 13.2. The number of nitrogens with zero attached hydrogens (tertiary/aromatic N) is 2. The Morgan fingerprint density at radius 2 is 2.42 bits per heavy atom. The number of thiazole rings is 1. The maximum Gasteiger partial charge on any atom is 0.243 e. The Kier molecular flexibility index (Phi) is 5.23. The van der Waals surface area contributed by atoms with Crippen LogP contribution in [0.2, 0.25) is 0 Å². The Labute approximate surface area is 144 Å². The topological polar surface area (TPSA) is 65.5 Å². The number of amides is 1. The minimum atomic E-state index is -0.751. The molecule has 1 aliphatic rings. The van der Waals surface area contributed by atoms with E-state index in [1.165, 1.54) is 23.5 Å². The van der Waals surface area contributed by atoms with E-state index in [1.807, 2.05) is 10.3 Å². The molecular formula is C17H20FN3O2S. The summed E-state index contributed by atoms with van der Waals surface area (Å²) in [6.45, 7) is 2.88. The molecule has 0 aliphatic carbocycles. The van der Waals surface area contributed by atoms with Crippen LogP contribution in [-0.2, 0) is 4.79 Å². The fourth-order valence-corrected chi connectivity index (χ4v) is 3.68. The van der Waals surface area contributed by atoms with Crippen molar-refractivity contribution in [3.8, 4) is 0 Å². The molecule has 1 fully saturated rings. The van der Waals surface area contributed by atoms with Gasteiger partial charge >= 0.3 is 0 Å². The number of hydrogen-bond donors (Lipinski definition) is 2. The highest BCUT2D eigenvalue weighted by molar-refractivity contribution is 7.13. The first-order valence-electron chi connectivity index (χ1n) is 7.93. The largest absolute Gasteiger partial charge is 0.387 e. The van der Waals surface area contributed by atoms with Gasteiger partial charge in [-0.25, -0.2) is 9.37 Å². The van der Waals surface area contributed by atoms with Crippen LogP contribution in [-0.4, -0.2) is 40.0 Å². The molecule has 1 amide bonds. The van der Waals surface area contributed by atoms with Gasteiger partial charge in [-0.2, -0.15) is 0 Å². The zero-order valence-electron chi connectivity index (χ0n) is 13.4. The molecule has 5 nitrogen and oxygen atoms in total. The first-order valence-corrected chi connectivity index (χ1v) is 8.81. The smallest absolute Gasteiger partial charge is 0.243 e. The number of aryl methyl sites for hydroxylation is 1. The summed E-state index contributed by atoms with van der Waals surface area (Å²) in [7, 11) is 0. The van der Waals surface area contributed by atoms with Gasteiger partial charge in [-0.1, -0.05) is 6.07 Å². The zero-order valence-corrected chi connectivity index (χ0v) is 14.2. The van der Waals surface area contributed by atoms with Crippen LogP contribution in [0, 0.1) is 12.7 Å². The summed E-state index contributed by atoms with van der Waals surface area (Å²) in [6, 6.07) is 4.09. The van der Waals surface area contributed by atoms with E-state index in [1.54, 1.807) is 19.2 Å². The van der Waals surface area contributed by atoms with Gasteiger partial charge < -0.3 is 10.4 Å². The average Bonchev–Trinajstić information content (AvgIpc) is 3.18. The summed E-state index contributed by atoms with van der Waals surface area (Å²) in [5, 5.41) is 15.7. The molecule has 1 aromatic heterocycles. The number of halogens is 1. The van der Waals surface area contributed by atoms with E-state index in [4.69, 9.17) is 0 Å². The van der Waals surface area contributed by atoms with Crippen molar-refractivity contribution >= 4 is 22.4 Å². The van der Waals surface area contributed by atoms with E-state index in [-0.39, 0.29) is 17.8 Å². The van der Waals surface area contributed by atoms with Gasteiger partial charge in [0.25, 0.3) is 0 Å². The number of carbonyl (C=O) groups is 1. The summed E-state index contributed by atoms with van der Waals surface area (Å²) in [5.41, 5.74) is 1.41. The van der Waals surface area contributed by atoms with E-state index in [2.05, 4.69) is 10.3 Å². The van der Waals surface area contributed by atoms with E-state index in [0.717, 1.165) is 19.4 Å². The maximum absolute atomic E-state index is 13.2. The van der Waals surface area contributed by atoms with Crippen molar-refractivity contribution in [1.29, 1.82) is 0 Å². The highest BCUT2D eigenvalue weighted by atomic mass is 32.1. The number of anilines is 1. The third-order valence-corrected chi connectivity index (χ3v) is 5.02. The van der Waals surface area contributed by atoms with Crippen LogP contribution in [0.1, 0.15) is 30.1 Å². The van der Waals surface area contributed by atoms with E-state index >= 15 is 0 Å². The lowest BCUT2D eigenvalue weighted by Gasteiger charge is -2.26. The van der Waals surface area contributed by atoms with E-state index in [9.17, 15) is 14.3 Å². The first kappa shape index (κ1) is 17.0. The molecule has 7 heteroatoms. The van der Waals surface area contributed by atoms with Crippen LogP contribution >= 0.6 is 11.3 Å². The van der Waals surface area contributed by atoms with Crippen LogP contribution in [0.25, 0.3) is 0 Å². The van der Waals surface area contributed by atoms with Crippen molar-refractivity contribution < 1.29 is 14.3 Å². The number of nitrogens with one attached hydrogen (secondary N) is 1. The molecule has 2 aromatic rings.